The maximum atomic E-state index is 12.5. The summed E-state index contributed by atoms with van der Waals surface area (Å²) in [5.41, 5.74) is 1.19. The number of nitrogens with one attached hydrogen (secondary N) is 1. The largest absolute Gasteiger partial charge is 0.393 e. The molecule has 0 aromatic heterocycles. The summed E-state index contributed by atoms with van der Waals surface area (Å²) in [6.07, 6.45) is 5.23. The van der Waals surface area contributed by atoms with E-state index < -0.39 is 0 Å². The molecule has 0 spiro atoms. The molecule has 1 amide bonds. The molecular weight excluding hydrogens is 274 g/mol. The molecule has 1 aromatic rings. The van der Waals surface area contributed by atoms with Gasteiger partial charge in [0.15, 0.2) is 0 Å². The normalized spacial score (nSPS) is 29.3. The lowest BCUT2D eigenvalue weighted by Gasteiger charge is -2.24. The van der Waals surface area contributed by atoms with Crippen molar-refractivity contribution in [1.82, 2.24) is 5.32 Å². The lowest BCUT2D eigenvalue weighted by Crippen LogP contribution is -2.36. The highest BCUT2D eigenvalue weighted by molar-refractivity contribution is 5.79. The molecule has 22 heavy (non-hydrogen) atoms. The van der Waals surface area contributed by atoms with E-state index in [4.69, 9.17) is 0 Å². The van der Waals surface area contributed by atoms with Gasteiger partial charge in [0.05, 0.1) is 6.10 Å². The van der Waals surface area contributed by atoms with E-state index in [1.165, 1.54) is 24.8 Å². The molecular formula is C19H27NO2. The quantitative estimate of drug-likeness (QED) is 0.848. The number of rotatable bonds is 6. The van der Waals surface area contributed by atoms with Crippen molar-refractivity contribution in [3.63, 3.8) is 0 Å². The van der Waals surface area contributed by atoms with Crippen molar-refractivity contribution in [2.45, 2.75) is 51.0 Å². The van der Waals surface area contributed by atoms with Gasteiger partial charge in [-0.2, -0.15) is 0 Å². The van der Waals surface area contributed by atoms with Crippen LogP contribution in [0, 0.1) is 17.8 Å². The highest BCUT2D eigenvalue weighted by Crippen LogP contribution is 2.48. The highest BCUT2D eigenvalue weighted by Gasteiger charge is 2.42. The van der Waals surface area contributed by atoms with Crippen molar-refractivity contribution in [2.75, 3.05) is 6.54 Å². The van der Waals surface area contributed by atoms with Gasteiger partial charge < -0.3 is 10.4 Å². The molecule has 2 fully saturated rings. The molecule has 5 unspecified atom stereocenters. The van der Waals surface area contributed by atoms with Gasteiger partial charge >= 0.3 is 0 Å². The zero-order valence-corrected chi connectivity index (χ0v) is 13.4. The first-order valence-corrected chi connectivity index (χ1v) is 8.64. The predicted octanol–water partition coefficient (Wildman–Crippen LogP) is 3.09. The fourth-order valence-corrected chi connectivity index (χ4v) is 4.39. The summed E-state index contributed by atoms with van der Waals surface area (Å²) >= 11 is 0. The van der Waals surface area contributed by atoms with Gasteiger partial charge in [0.2, 0.25) is 5.91 Å². The van der Waals surface area contributed by atoms with E-state index in [1.807, 2.05) is 25.1 Å². The van der Waals surface area contributed by atoms with Crippen molar-refractivity contribution in [2.24, 2.45) is 17.8 Å². The van der Waals surface area contributed by atoms with Gasteiger partial charge in [-0.3, -0.25) is 4.79 Å². The third kappa shape index (κ3) is 3.52. The first-order chi connectivity index (χ1) is 10.6. The van der Waals surface area contributed by atoms with Crippen LogP contribution < -0.4 is 5.32 Å². The number of amides is 1. The summed E-state index contributed by atoms with van der Waals surface area (Å²) in [6.45, 7) is 2.44. The molecule has 3 nitrogen and oxygen atoms in total. The Balaban J connectivity index is 1.58. The van der Waals surface area contributed by atoms with Gasteiger partial charge in [0.25, 0.3) is 0 Å². The van der Waals surface area contributed by atoms with Gasteiger partial charge in [0, 0.05) is 18.4 Å². The molecule has 0 saturated heterocycles. The third-order valence-electron chi connectivity index (χ3n) is 5.49. The molecule has 0 aliphatic heterocycles. The Hall–Kier alpha value is -1.35. The highest BCUT2D eigenvalue weighted by atomic mass is 16.3. The van der Waals surface area contributed by atoms with Crippen LogP contribution in [0.25, 0.3) is 0 Å². The number of hydrogen-bond acceptors (Lipinski definition) is 2. The minimum atomic E-state index is -0.357. The summed E-state index contributed by atoms with van der Waals surface area (Å²) in [5, 5.41) is 12.9. The van der Waals surface area contributed by atoms with Crippen molar-refractivity contribution in [3.05, 3.63) is 35.9 Å². The Morgan fingerprint density at radius 1 is 1.27 bits per heavy atom. The van der Waals surface area contributed by atoms with Crippen LogP contribution in [0.3, 0.4) is 0 Å². The average molecular weight is 301 g/mol. The molecule has 3 heteroatoms. The summed E-state index contributed by atoms with van der Waals surface area (Å²) < 4.78 is 0. The summed E-state index contributed by atoms with van der Waals surface area (Å²) in [7, 11) is 0. The first-order valence-electron chi connectivity index (χ1n) is 8.64. The number of aliphatic hydroxyl groups is 1. The van der Waals surface area contributed by atoms with Gasteiger partial charge in [-0.05, 0) is 50.0 Å². The Morgan fingerprint density at radius 3 is 2.64 bits per heavy atom. The molecule has 2 bridgehead atoms. The second-order valence-electron chi connectivity index (χ2n) is 7.22. The molecule has 0 heterocycles. The molecule has 2 aliphatic carbocycles. The van der Waals surface area contributed by atoms with E-state index in [0.717, 1.165) is 12.3 Å². The number of benzene rings is 1. The van der Waals surface area contributed by atoms with Gasteiger partial charge in [-0.25, -0.2) is 0 Å². The SMILES string of the molecule is CC(O)CC(CNC(=O)C1CC2CCC1C2)c1ccccc1. The van der Waals surface area contributed by atoms with Crippen LogP contribution in [-0.2, 0) is 4.79 Å². The Kier molecular flexibility index (Phi) is 4.82. The molecule has 0 radical (unpaired) electrons. The Morgan fingerprint density at radius 2 is 2.05 bits per heavy atom. The summed E-state index contributed by atoms with van der Waals surface area (Å²) in [6, 6.07) is 10.2. The number of carbonyl (C=O) groups is 1. The van der Waals surface area contributed by atoms with Crippen LogP contribution in [0.2, 0.25) is 0 Å². The zero-order valence-electron chi connectivity index (χ0n) is 13.4. The minimum Gasteiger partial charge on any atom is -0.393 e. The van der Waals surface area contributed by atoms with Gasteiger partial charge in [-0.1, -0.05) is 36.8 Å². The van der Waals surface area contributed by atoms with E-state index in [2.05, 4.69) is 17.4 Å². The van der Waals surface area contributed by atoms with Crippen molar-refractivity contribution < 1.29 is 9.90 Å². The average Bonchev–Trinajstić information content (AvgIpc) is 3.14. The van der Waals surface area contributed by atoms with E-state index in [1.54, 1.807) is 0 Å². The van der Waals surface area contributed by atoms with Gasteiger partial charge in [-0.15, -0.1) is 0 Å². The predicted molar refractivity (Wildman–Crippen MR) is 87.4 cm³/mol. The van der Waals surface area contributed by atoms with Crippen LogP contribution in [0.5, 0.6) is 0 Å². The molecule has 2 aliphatic rings. The topological polar surface area (TPSA) is 49.3 Å². The van der Waals surface area contributed by atoms with Crippen LogP contribution in [-0.4, -0.2) is 23.7 Å². The second-order valence-corrected chi connectivity index (χ2v) is 7.22. The number of hydrogen-bond donors (Lipinski definition) is 2. The molecule has 3 rings (SSSR count). The zero-order chi connectivity index (χ0) is 15.5. The monoisotopic (exact) mass is 301 g/mol. The summed E-state index contributed by atoms with van der Waals surface area (Å²) in [5.74, 6) is 2.07. The number of carbonyl (C=O) groups excluding carboxylic acids is 1. The molecule has 2 N–H and O–H groups in total. The van der Waals surface area contributed by atoms with E-state index in [-0.39, 0.29) is 23.8 Å². The smallest absolute Gasteiger partial charge is 0.223 e. The third-order valence-corrected chi connectivity index (χ3v) is 5.49. The Labute approximate surface area is 133 Å². The number of aliphatic hydroxyl groups excluding tert-OH is 1. The van der Waals surface area contributed by atoms with Crippen molar-refractivity contribution in [3.8, 4) is 0 Å². The lowest BCUT2D eigenvalue weighted by atomic mass is 9.87. The van der Waals surface area contributed by atoms with E-state index >= 15 is 0 Å². The molecule has 120 valence electrons. The first kappa shape index (κ1) is 15.5. The molecule has 1 aromatic carbocycles. The number of fused-ring (bicyclic) bond motifs is 2. The second kappa shape index (κ2) is 6.82. The van der Waals surface area contributed by atoms with Crippen molar-refractivity contribution >= 4 is 5.91 Å². The van der Waals surface area contributed by atoms with Crippen LogP contribution in [0.1, 0.15) is 50.5 Å². The minimum absolute atomic E-state index is 0.184. The maximum absolute atomic E-state index is 12.5. The fraction of sp³-hybridized carbons (Fsp3) is 0.632. The van der Waals surface area contributed by atoms with E-state index in [9.17, 15) is 9.90 Å². The lowest BCUT2D eigenvalue weighted by molar-refractivity contribution is -0.126. The van der Waals surface area contributed by atoms with Crippen molar-refractivity contribution in [1.29, 1.82) is 0 Å². The van der Waals surface area contributed by atoms with Crippen LogP contribution in [0.15, 0.2) is 30.3 Å². The molecule has 2 saturated carbocycles. The standard InChI is InChI=1S/C19H27NO2/c1-13(21)9-17(15-5-3-2-4-6-15)12-20-19(22)18-11-14-7-8-16(18)10-14/h2-6,13-14,16-18,21H,7-12H2,1H3,(H,20,22). The molecule has 5 atom stereocenters. The Bertz CT molecular complexity index is 499. The van der Waals surface area contributed by atoms with Crippen LogP contribution in [0.4, 0.5) is 0 Å². The maximum Gasteiger partial charge on any atom is 0.223 e. The van der Waals surface area contributed by atoms with Crippen LogP contribution >= 0.6 is 0 Å². The summed E-state index contributed by atoms with van der Waals surface area (Å²) in [4.78, 5) is 12.5. The van der Waals surface area contributed by atoms with E-state index in [0.29, 0.717) is 18.9 Å². The van der Waals surface area contributed by atoms with Gasteiger partial charge in [0.1, 0.15) is 0 Å². The fourth-order valence-electron chi connectivity index (χ4n) is 4.39.